The summed E-state index contributed by atoms with van der Waals surface area (Å²) in [7, 11) is 2.10. The molecule has 0 aliphatic carbocycles. The topological polar surface area (TPSA) is 57.0 Å². The lowest BCUT2D eigenvalue weighted by Crippen LogP contribution is -2.61. The standard InChI is InChI=1S/C20H29N3O3/c1-21-10-5-7-20(17(21)19(25)22-11-2-3-12-22)8-13-23(14-9-20)18(24)16-6-4-15-26-16/h4,6,15,17H,2-3,5,7-14H2,1H3. The Bertz CT molecular complexity index is 643. The van der Waals surface area contributed by atoms with Crippen molar-refractivity contribution in [3.8, 4) is 0 Å². The molecule has 1 aromatic heterocycles. The lowest BCUT2D eigenvalue weighted by molar-refractivity contribution is -0.145. The SMILES string of the molecule is CN1CCCC2(CCN(C(=O)c3ccco3)CC2)C1C(=O)N1CCCC1. The minimum Gasteiger partial charge on any atom is -0.459 e. The summed E-state index contributed by atoms with van der Waals surface area (Å²) < 4.78 is 5.27. The Hall–Kier alpha value is -1.82. The van der Waals surface area contributed by atoms with Crippen molar-refractivity contribution >= 4 is 11.8 Å². The van der Waals surface area contributed by atoms with E-state index in [9.17, 15) is 9.59 Å². The van der Waals surface area contributed by atoms with Gasteiger partial charge in [0.05, 0.1) is 12.3 Å². The molecule has 1 atom stereocenters. The van der Waals surface area contributed by atoms with Gasteiger partial charge in [0.2, 0.25) is 5.91 Å². The Labute approximate surface area is 155 Å². The van der Waals surface area contributed by atoms with Gasteiger partial charge in [0.15, 0.2) is 5.76 Å². The smallest absolute Gasteiger partial charge is 0.289 e. The predicted molar refractivity (Wildman–Crippen MR) is 97.7 cm³/mol. The largest absolute Gasteiger partial charge is 0.459 e. The molecule has 2 amide bonds. The first-order valence-electron chi connectivity index (χ1n) is 9.93. The van der Waals surface area contributed by atoms with Gasteiger partial charge >= 0.3 is 0 Å². The summed E-state index contributed by atoms with van der Waals surface area (Å²) in [6.45, 7) is 4.21. The van der Waals surface area contributed by atoms with Crippen molar-refractivity contribution in [3.05, 3.63) is 24.2 Å². The summed E-state index contributed by atoms with van der Waals surface area (Å²) >= 11 is 0. The second-order valence-corrected chi connectivity index (χ2v) is 8.15. The molecule has 0 N–H and O–H groups in total. The molecule has 1 aromatic rings. The van der Waals surface area contributed by atoms with Gasteiger partial charge in [-0.05, 0) is 69.7 Å². The highest BCUT2D eigenvalue weighted by Gasteiger charge is 2.50. The van der Waals surface area contributed by atoms with Crippen molar-refractivity contribution in [1.82, 2.24) is 14.7 Å². The molecule has 0 saturated carbocycles. The number of hydrogen-bond acceptors (Lipinski definition) is 4. The summed E-state index contributed by atoms with van der Waals surface area (Å²) in [6, 6.07) is 3.44. The van der Waals surface area contributed by atoms with Crippen LogP contribution >= 0.6 is 0 Å². The lowest BCUT2D eigenvalue weighted by atomic mass is 9.66. The van der Waals surface area contributed by atoms with Crippen LogP contribution < -0.4 is 0 Å². The molecular weight excluding hydrogens is 330 g/mol. The molecule has 1 unspecified atom stereocenters. The molecule has 4 rings (SSSR count). The Morgan fingerprint density at radius 2 is 1.73 bits per heavy atom. The van der Waals surface area contributed by atoms with Crippen LogP contribution in [0.5, 0.6) is 0 Å². The van der Waals surface area contributed by atoms with E-state index in [1.807, 2.05) is 4.90 Å². The number of carbonyl (C=O) groups is 2. The van der Waals surface area contributed by atoms with Crippen LogP contribution in [0.1, 0.15) is 49.1 Å². The number of nitrogens with zero attached hydrogens (tertiary/aromatic N) is 3. The number of hydrogen-bond donors (Lipinski definition) is 0. The lowest BCUT2D eigenvalue weighted by Gasteiger charge is -2.52. The highest BCUT2D eigenvalue weighted by Crippen LogP contribution is 2.45. The molecule has 0 aromatic carbocycles. The Morgan fingerprint density at radius 3 is 2.38 bits per heavy atom. The number of piperidine rings is 2. The van der Waals surface area contributed by atoms with E-state index in [0.717, 1.165) is 58.2 Å². The number of rotatable bonds is 2. The number of furan rings is 1. The fourth-order valence-electron chi connectivity index (χ4n) is 5.21. The molecule has 142 valence electrons. The average molecular weight is 359 g/mol. The van der Waals surface area contributed by atoms with Gasteiger partial charge in [0.25, 0.3) is 5.91 Å². The molecule has 26 heavy (non-hydrogen) atoms. The number of carbonyl (C=O) groups excluding carboxylic acids is 2. The van der Waals surface area contributed by atoms with Gasteiger partial charge in [0.1, 0.15) is 0 Å². The van der Waals surface area contributed by atoms with E-state index in [-0.39, 0.29) is 17.4 Å². The van der Waals surface area contributed by atoms with E-state index in [1.54, 1.807) is 18.4 Å². The third kappa shape index (κ3) is 3.04. The third-order valence-corrected chi connectivity index (χ3v) is 6.64. The highest BCUT2D eigenvalue weighted by molar-refractivity contribution is 5.91. The van der Waals surface area contributed by atoms with Crippen molar-refractivity contribution in [2.75, 3.05) is 39.8 Å². The van der Waals surface area contributed by atoms with E-state index in [4.69, 9.17) is 4.42 Å². The van der Waals surface area contributed by atoms with E-state index in [1.165, 1.54) is 0 Å². The summed E-state index contributed by atoms with van der Waals surface area (Å²) in [4.78, 5) is 32.1. The van der Waals surface area contributed by atoms with Crippen molar-refractivity contribution in [1.29, 1.82) is 0 Å². The second kappa shape index (κ2) is 7.06. The van der Waals surface area contributed by atoms with Gasteiger partial charge in [-0.1, -0.05) is 0 Å². The molecule has 3 aliphatic rings. The fraction of sp³-hybridized carbons (Fsp3) is 0.700. The van der Waals surface area contributed by atoms with Gasteiger partial charge in [-0.3, -0.25) is 14.5 Å². The van der Waals surface area contributed by atoms with E-state index < -0.39 is 0 Å². The molecule has 3 fully saturated rings. The van der Waals surface area contributed by atoms with Crippen LogP contribution in [0.15, 0.2) is 22.8 Å². The summed E-state index contributed by atoms with van der Waals surface area (Å²) in [5.41, 5.74) is 0.00656. The molecule has 6 nitrogen and oxygen atoms in total. The quantitative estimate of drug-likeness (QED) is 0.812. The first-order valence-corrected chi connectivity index (χ1v) is 9.93. The van der Waals surface area contributed by atoms with Crippen molar-refractivity contribution in [3.63, 3.8) is 0 Å². The third-order valence-electron chi connectivity index (χ3n) is 6.64. The van der Waals surface area contributed by atoms with E-state index in [2.05, 4.69) is 16.8 Å². The van der Waals surface area contributed by atoms with Crippen molar-refractivity contribution < 1.29 is 14.0 Å². The van der Waals surface area contributed by atoms with E-state index >= 15 is 0 Å². The number of amides is 2. The number of likely N-dealkylation sites (N-methyl/N-ethyl adjacent to an activating group) is 1. The second-order valence-electron chi connectivity index (χ2n) is 8.15. The number of likely N-dealkylation sites (tertiary alicyclic amines) is 3. The summed E-state index contributed by atoms with van der Waals surface area (Å²) in [5, 5.41) is 0. The van der Waals surface area contributed by atoms with Gasteiger partial charge in [-0.25, -0.2) is 0 Å². The van der Waals surface area contributed by atoms with Crippen LogP contribution in [0.25, 0.3) is 0 Å². The maximum atomic E-state index is 13.3. The van der Waals surface area contributed by atoms with Crippen LogP contribution in [-0.2, 0) is 4.79 Å². The van der Waals surface area contributed by atoms with Crippen LogP contribution in [0, 0.1) is 5.41 Å². The molecule has 1 spiro atoms. The van der Waals surface area contributed by atoms with Crippen molar-refractivity contribution in [2.45, 2.75) is 44.6 Å². The van der Waals surface area contributed by atoms with Crippen LogP contribution in [0.3, 0.4) is 0 Å². The van der Waals surface area contributed by atoms with Crippen molar-refractivity contribution in [2.24, 2.45) is 5.41 Å². The normalized spacial score (nSPS) is 26.4. The minimum absolute atomic E-state index is 0.00656. The van der Waals surface area contributed by atoms with Crippen LogP contribution in [-0.4, -0.2) is 72.3 Å². The molecule has 6 heteroatoms. The average Bonchev–Trinajstić information content (AvgIpc) is 3.35. The van der Waals surface area contributed by atoms with Crippen LogP contribution in [0.4, 0.5) is 0 Å². The van der Waals surface area contributed by atoms with E-state index in [0.29, 0.717) is 24.8 Å². The zero-order valence-corrected chi connectivity index (χ0v) is 15.7. The van der Waals surface area contributed by atoms with Crippen LogP contribution in [0.2, 0.25) is 0 Å². The van der Waals surface area contributed by atoms with Gasteiger partial charge in [-0.15, -0.1) is 0 Å². The monoisotopic (exact) mass is 359 g/mol. The maximum absolute atomic E-state index is 13.3. The predicted octanol–water partition coefficient (Wildman–Crippen LogP) is 2.22. The summed E-state index contributed by atoms with van der Waals surface area (Å²) in [5.74, 6) is 0.693. The Kier molecular flexibility index (Phi) is 4.78. The molecule has 3 saturated heterocycles. The Morgan fingerprint density at radius 1 is 1.00 bits per heavy atom. The van der Waals surface area contributed by atoms with Gasteiger partial charge in [-0.2, -0.15) is 0 Å². The minimum atomic E-state index is -0.0322. The summed E-state index contributed by atoms with van der Waals surface area (Å²) in [6.07, 6.45) is 7.81. The molecule has 0 bridgehead atoms. The molecule has 4 heterocycles. The first-order chi connectivity index (χ1) is 12.6. The first kappa shape index (κ1) is 17.6. The Balaban J connectivity index is 1.49. The molecule has 0 radical (unpaired) electrons. The zero-order chi connectivity index (χ0) is 18.1. The fourth-order valence-corrected chi connectivity index (χ4v) is 5.21. The van der Waals surface area contributed by atoms with Gasteiger partial charge < -0.3 is 14.2 Å². The van der Waals surface area contributed by atoms with Gasteiger partial charge in [0, 0.05) is 26.2 Å². The highest BCUT2D eigenvalue weighted by atomic mass is 16.3. The molecule has 3 aliphatic heterocycles. The maximum Gasteiger partial charge on any atom is 0.289 e. The molecular formula is C20H29N3O3. The zero-order valence-electron chi connectivity index (χ0n) is 15.7.